The summed E-state index contributed by atoms with van der Waals surface area (Å²) < 4.78 is 0. The largest absolute Gasteiger partial charge is 0.396 e. The van der Waals surface area contributed by atoms with Gasteiger partial charge in [0.15, 0.2) is 0 Å². The van der Waals surface area contributed by atoms with Crippen LogP contribution >= 0.6 is 0 Å². The third-order valence-corrected chi connectivity index (χ3v) is 1.89. The quantitative estimate of drug-likeness (QED) is 0.655. The number of aryl methyl sites for hydroxylation is 1. The van der Waals surface area contributed by atoms with Crippen molar-refractivity contribution in [1.29, 1.82) is 0 Å². The second-order valence-electron chi connectivity index (χ2n) is 2.68. The molecule has 4 nitrogen and oxygen atoms in total. The van der Waals surface area contributed by atoms with Crippen LogP contribution in [-0.2, 0) is 0 Å². The molecule has 12 heavy (non-hydrogen) atoms. The molecule has 1 aromatic heterocycles. The van der Waals surface area contributed by atoms with Crippen LogP contribution in [0.15, 0.2) is 12.5 Å². The summed E-state index contributed by atoms with van der Waals surface area (Å²) in [5, 5.41) is 8.97. The molecule has 1 unspecified atom stereocenters. The molecular weight excluding hydrogens is 154 g/mol. The minimum atomic E-state index is -0.0359. The Kier molecular flexibility index (Phi) is 3.13. The summed E-state index contributed by atoms with van der Waals surface area (Å²) in [5.41, 5.74) is 7.29. The molecule has 0 fully saturated rings. The number of rotatable bonds is 3. The van der Waals surface area contributed by atoms with Gasteiger partial charge in [-0.1, -0.05) is 0 Å². The Hall–Kier alpha value is -1.00. The maximum absolute atomic E-state index is 8.97. The van der Waals surface area contributed by atoms with E-state index in [4.69, 9.17) is 10.8 Å². The van der Waals surface area contributed by atoms with Crippen LogP contribution in [0.2, 0.25) is 0 Å². The van der Waals surface area contributed by atoms with Gasteiger partial charge in [-0.2, -0.15) is 0 Å². The number of hydrogen-bond donors (Lipinski definition) is 2. The fourth-order valence-corrected chi connectivity index (χ4v) is 1.10. The molecular formula is C8H13N3O. The molecule has 1 rings (SSSR count). The first kappa shape index (κ1) is 9.09. The van der Waals surface area contributed by atoms with E-state index in [0.29, 0.717) is 6.54 Å². The van der Waals surface area contributed by atoms with E-state index in [1.165, 1.54) is 6.33 Å². The molecule has 0 bridgehead atoms. The van der Waals surface area contributed by atoms with Crippen LogP contribution in [0.4, 0.5) is 0 Å². The lowest BCUT2D eigenvalue weighted by atomic mass is 10.0. The zero-order valence-electron chi connectivity index (χ0n) is 7.07. The topological polar surface area (TPSA) is 72.0 Å². The van der Waals surface area contributed by atoms with Crippen molar-refractivity contribution in [2.75, 3.05) is 13.2 Å². The molecule has 3 N–H and O–H groups in total. The van der Waals surface area contributed by atoms with E-state index in [9.17, 15) is 0 Å². The van der Waals surface area contributed by atoms with Gasteiger partial charge in [-0.05, 0) is 12.5 Å². The highest BCUT2D eigenvalue weighted by molar-refractivity contribution is 5.19. The van der Waals surface area contributed by atoms with E-state index >= 15 is 0 Å². The van der Waals surface area contributed by atoms with Crippen LogP contribution in [0.1, 0.15) is 17.2 Å². The fourth-order valence-electron chi connectivity index (χ4n) is 1.10. The summed E-state index contributed by atoms with van der Waals surface area (Å²) in [5.74, 6) is -0.0359. The van der Waals surface area contributed by atoms with E-state index < -0.39 is 0 Å². The summed E-state index contributed by atoms with van der Waals surface area (Å²) in [6.07, 6.45) is 3.19. The maximum Gasteiger partial charge on any atom is 0.115 e. The highest BCUT2D eigenvalue weighted by atomic mass is 16.3. The molecule has 1 heterocycles. The lowest BCUT2D eigenvalue weighted by Gasteiger charge is -2.12. The van der Waals surface area contributed by atoms with Crippen LogP contribution in [0.3, 0.4) is 0 Å². The van der Waals surface area contributed by atoms with Crippen molar-refractivity contribution >= 4 is 0 Å². The molecule has 0 saturated carbocycles. The Morgan fingerprint density at radius 2 is 2.42 bits per heavy atom. The Morgan fingerprint density at radius 3 is 2.92 bits per heavy atom. The van der Waals surface area contributed by atoms with Crippen molar-refractivity contribution in [3.05, 3.63) is 23.8 Å². The van der Waals surface area contributed by atoms with Gasteiger partial charge in [0.1, 0.15) is 6.33 Å². The zero-order chi connectivity index (χ0) is 8.97. The van der Waals surface area contributed by atoms with Gasteiger partial charge in [-0.15, -0.1) is 0 Å². The Balaban J connectivity index is 2.92. The van der Waals surface area contributed by atoms with Crippen molar-refractivity contribution in [2.45, 2.75) is 12.8 Å². The van der Waals surface area contributed by atoms with Crippen LogP contribution in [0.5, 0.6) is 0 Å². The van der Waals surface area contributed by atoms with Crippen molar-refractivity contribution in [3.63, 3.8) is 0 Å². The van der Waals surface area contributed by atoms with E-state index in [1.54, 1.807) is 6.20 Å². The van der Waals surface area contributed by atoms with Gasteiger partial charge in [0.2, 0.25) is 0 Å². The normalized spacial score (nSPS) is 12.9. The van der Waals surface area contributed by atoms with Crippen LogP contribution in [0, 0.1) is 6.92 Å². The minimum Gasteiger partial charge on any atom is -0.396 e. The molecule has 1 atom stereocenters. The van der Waals surface area contributed by atoms with E-state index in [0.717, 1.165) is 11.3 Å². The van der Waals surface area contributed by atoms with E-state index in [1.807, 2.05) is 6.92 Å². The first-order valence-electron chi connectivity index (χ1n) is 3.87. The van der Waals surface area contributed by atoms with Gasteiger partial charge in [-0.3, -0.25) is 0 Å². The lowest BCUT2D eigenvalue weighted by Crippen LogP contribution is -2.17. The summed E-state index contributed by atoms with van der Waals surface area (Å²) in [4.78, 5) is 7.90. The monoisotopic (exact) mass is 167 g/mol. The van der Waals surface area contributed by atoms with E-state index in [2.05, 4.69) is 9.97 Å². The SMILES string of the molecule is Cc1ncncc1C(CN)CO. The van der Waals surface area contributed by atoms with Gasteiger partial charge in [0, 0.05) is 24.4 Å². The van der Waals surface area contributed by atoms with Gasteiger partial charge < -0.3 is 10.8 Å². The highest BCUT2D eigenvalue weighted by Crippen LogP contribution is 2.14. The Bertz CT molecular complexity index is 248. The van der Waals surface area contributed by atoms with Crippen LogP contribution in [0.25, 0.3) is 0 Å². The summed E-state index contributed by atoms with van der Waals surface area (Å²) in [7, 11) is 0. The van der Waals surface area contributed by atoms with Crippen molar-refractivity contribution < 1.29 is 5.11 Å². The number of nitrogens with two attached hydrogens (primary N) is 1. The number of aliphatic hydroxyl groups excluding tert-OH is 1. The predicted octanol–water partition coefficient (Wildman–Crippen LogP) is -0.180. The van der Waals surface area contributed by atoms with E-state index in [-0.39, 0.29) is 12.5 Å². The smallest absolute Gasteiger partial charge is 0.115 e. The predicted molar refractivity (Wildman–Crippen MR) is 45.7 cm³/mol. The number of nitrogens with zero attached hydrogens (tertiary/aromatic N) is 2. The number of hydrogen-bond acceptors (Lipinski definition) is 4. The van der Waals surface area contributed by atoms with Crippen LogP contribution in [-0.4, -0.2) is 28.2 Å². The average Bonchev–Trinajstić information content (AvgIpc) is 2.10. The molecule has 66 valence electrons. The molecule has 1 aromatic rings. The second kappa shape index (κ2) is 4.13. The second-order valence-corrected chi connectivity index (χ2v) is 2.68. The zero-order valence-corrected chi connectivity index (χ0v) is 7.07. The molecule has 0 spiro atoms. The number of aliphatic hydroxyl groups is 1. The Labute approximate surface area is 71.5 Å². The van der Waals surface area contributed by atoms with Crippen molar-refractivity contribution in [1.82, 2.24) is 9.97 Å². The maximum atomic E-state index is 8.97. The molecule has 0 aliphatic rings. The summed E-state index contributed by atoms with van der Waals surface area (Å²) in [6.45, 7) is 2.35. The number of aromatic nitrogens is 2. The van der Waals surface area contributed by atoms with Gasteiger partial charge in [0.25, 0.3) is 0 Å². The van der Waals surface area contributed by atoms with Crippen LogP contribution < -0.4 is 5.73 Å². The standard InChI is InChI=1S/C8H13N3O/c1-6-8(3-10-5-11-6)7(2-9)4-12/h3,5,7,12H,2,4,9H2,1H3. The molecule has 0 saturated heterocycles. The fraction of sp³-hybridized carbons (Fsp3) is 0.500. The Morgan fingerprint density at radius 1 is 1.67 bits per heavy atom. The molecule has 0 radical (unpaired) electrons. The molecule has 0 aliphatic carbocycles. The van der Waals surface area contributed by atoms with Crippen molar-refractivity contribution in [2.24, 2.45) is 5.73 Å². The molecule has 4 heteroatoms. The van der Waals surface area contributed by atoms with Gasteiger partial charge >= 0.3 is 0 Å². The molecule has 0 aliphatic heterocycles. The van der Waals surface area contributed by atoms with Crippen molar-refractivity contribution in [3.8, 4) is 0 Å². The first-order chi connectivity index (χ1) is 5.79. The molecule has 0 amide bonds. The van der Waals surface area contributed by atoms with Gasteiger partial charge in [0.05, 0.1) is 6.61 Å². The first-order valence-corrected chi connectivity index (χ1v) is 3.87. The third kappa shape index (κ3) is 1.78. The molecule has 0 aromatic carbocycles. The van der Waals surface area contributed by atoms with Gasteiger partial charge in [-0.25, -0.2) is 9.97 Å². The average molecular weight is 167 g/mol. The third-order valence-electron chi connectivity index (χ3n) is 1.89. The highest BCUT2D eigenvalue weighted by Gasteiger charge is 2.11. The summed E-state index contributed by atoms with van der Waals surface area (Å²) >= 11 is 0. The minimum absolute atomic E-state index is 0.0359. The summed E-state index contributed by atoms with van der Waals surface area (Å²) in [6, 6.07) is 0. The lowest BCUT2D eigenvalue weighted by molar-refractivity contribution is 0.267.